The maximum Gasteiger partial charge on any atom is 0.272 e. The van der Waals surface area contributed by atoms with Gasteiger partial charge in [-0.05, 0) is 36.2 Å². The van der Waals surface area contributed by atoms with Crippen LogP contribution in [0.5, 0.6) is 5.75 Å². The minimum atomic E-state index is -0.609. The molecule has 0 unspecified atom stereocenters. The molecule has 6 heteroatoms. The molecule has 2 aromatic carbocycles. The number of para-hydroxylation sites is 1. The minimum Gasteiger partial charge on any atom is -0.494 e. The average molecular weight is 399 g/mol. The number of hydrogen-bond acceptors (Lipinski definition) is 4. The number of nitrogens with zero attached hydrogens (tertiary/aromatic N) is 1. The SMILES string of the molecule is CCCOc1ccc(C2=C(SC(C)C)C(=O)N(c3ccccc3F)C2=O)cc1. The molecule has 4 nitrogen and oxygen atoms in total. The van der Waals surface area contributed by atoms with Crippen molar-refractivity contribution in [2.75, 3.05) is 11.5 Å². The van der Waals surface area contributed by atoms with Crippen LogP contribution in [0.25, 0.3) is 5.57 Å². The Morgan fingerprint density at radius 2 is 1.71 bits per heavy atom. The van der Waals surface area contributed by atoms with Crippen LogP contribution in [0.4, 0.5) is 10.1 Å². The fourth-order valence-electron chi connectivity index (χ4n) is 2.90. The number of ether oxygens (including phenoxy) is 1. The molecule has 1 aliphatic heterocycles. The third-order valence-corrected chi connectivity index (χ3v) is 5.19. The summed E-state index contributed by atoms with van der Waals surface area (Å²) in [6, 6.07) is 12.9. The third-order valence-electron chi connectivity index (χ3n) is 4.10. The molecule has 0 spiro atoms. The lowest BCUT2D eigenvalue weighted by Crippen LogP contribution is -2.32. The molecule has 1 heterocycles. The van der Waals surface area contributed by atoms with E-state index in [2.05, 4.69) is 0 Å². The van der Waals surface area contributed by atoms with Crippen molar-refractivity contribution in [2.45, 2.75) is 32.4 Å². The summed E-state index contributed by atoms with van der Waals surface area (Å²) in [5.74, 6) is -0.912. The molecule has 2 aromatic rings. The number of carbonyl (C=O) groups is 2. The molecule has 28 heavy (non-hydrogen) atoms. The predicted molar refractivity (Wildman–Crippen MR) is 111 cm³/mol. The van der Waals surface area contributed by atoms with Gasteiger partial charge in [0.2, 0.25) is 0 Å². The van der Waals surface area contributed by atoms with Crippen LogP contribution < -0.4 is 9.64 Å². The largest absolute Gasteiger partial charge is 0.494 e. The molecule has 0 saturated heterocycles. The first-order valence-electron chi connectivity index (χ1n) is 9.21. The standard InChI is InChI=1S/C22H22FNO3S/c1-4-13-27-16-11-9-15(10-12-16)19-20(28-14(2)3)22(26)24(21(19)25)18-8-6-5-7-17(18)23/h5-12,14H,4,13H2,1-3H3. The molecular formula is C22H22FNO3S. The molecule has 0 fully saturated rings. The van der Waals surface area contributed by atoms with Crippen LogP contribution in [0.2, 0.25) is 0 Å². The highest BCUT2D eigenvalue weighted by molar-refractivity contribution is 8.04. The van der Waals surface area contributed by atoms with E-state index in [1.807, 2.05) is 20.8 Å². The van der Waals surface area contributed by atoms with Crippen molar-refractivity contribution in [3.05, 3.63) is 64.8 Å². The van der Waals surface area contributed by atoms with Gasteiger partial charge >= 0.3 is 0 Å². The summed E-state index contributed by atoms with van der Waals surface area (Å²) in [6.07, 6.45) is 0.896. The second kappa shape index (κ2) is 8.61. The van der Waals surface area contributed by atoms with E-state index in [1.54, 1.807) is 30.3 Å². The number of carbonyl (C=O) groups excluding carboxylic acids is 2. The zero-order chi connectivity index (χ0) is 20.3. The van der Waals surface area contributed by atoms with Crippen LogP contribution in [-0.4, -0.2) is 23.7 Å². The number of thioether (sulfide) groups is 1. The van der Waals surface area contributed by atoms with Crippen molar-refractivity contribution in [3.8, 4) is 5.75 Å². The fourth-order valence-corrected chi connectivity index (χ4v) is 3.89. The zero-order valence-electron chi connectivity index (χ0n) is 16.1. The zero-order valence-corrected chi connectivity index (χ0v) is 16.9. The van der Waals surface area contributed by atoms with Crippen LogP contribution in [0.3, 0.4) is 0 Å². The molecular weight excluding hydrogens is 377 g/mol. The molecule has 1 aliphatic rings. The molecule has 0 atom stereocenters. The molecule has 0 saturated carbocycles. The summed E-state index contributed by atoms with van der Waals surface area (Å²) in [4.78, 5) is 27.5. The summed E-state index contributed by atoms with van der Waals surface area (Å²) in [5.41, 5.74) is 0.885. The van der Waals surface area contributed by atoms with Gasteiger partial charge < -0.3 is 4.74 Å². The van der Waals surface area contributed by atoms with E-state index in [0.717, 1.165) is 11.3 Å². The minimum absolute atomic E-state index is 0.0303. The average Bonchev–Trinajstić information content (AvgIpc) is 2.91. The number of amides is 2. The molecule has 0 aliphatic carbocycles. The number of halogens is 1. The Morgan fingerprint density at radius 3 is 2.32 bits per heavy atom. The number of benzene rings is 2. The monoisotopic (exact) mass is 399 g/mol. The van der Waals surface area contributed by atoms with Crippen LogP contribution in [-0.2, 0) is 9.59 Å². The highest BCUT2D eigenvalue weighted by Gasteiger charge is 2.41. The highest BCUT2D eigenvalue weighted by atomic mass is 32.2. The Kier molecular flexibility index (Phi) is 6.19. The van der Waals surface area contributed by atoms with Crippen molar-refractivity contribution in [2.24, 2.45) is 0 Å². The van der Waals surface area contributed by atoms with Gasteiger partial charge in [-0.3, -0.25) is 9.59 Å². The van der Waals surface area contributed by atoms with Crippen molar-refractivity contribution in [3.63, 3.8) is 0 Å². The van der Waals surface area contributed by atoms with Gasteiger partial charge in [-0.1, -0.05) is 45.0 Å². The van der Waals surface area contributed by atoms with E-state index in [1.165, 1.54) is 30.0 Å². The Morgan fingerprint density at radius 1 is 1.04 bits per heavy atom. The highest BCUT2D eigenvalue weighted by Crippen LogP contribution is 2.40. The maximum atomic E-state index is 14.3. The Labute approximate surface area is 168 Å². The van der Waals surface area contributed by atoms with Gasteiger partial charge in [0, 0.05) is 5.25 Å². The first-order chi connectivity index (χ1) is 13.4. The number of hydrogen-bond donors (Lipinski definition) is 0. The van der Waals surface area contributed by atoms with Gasteiger partial charge in [-0.15, -0.1) is 11.8 Å². The van der Waals surface area contributed by atoms with Crippen LogP contribution in [0.1, 0.15) is 32.8 Å². The van der Waals surface area contributed by atoms with Crippen LogP contribution in [0.15, 0.2) is 53.4 Å². The van der Waals surface area contributed by atoms with Crippen molar-refractivity contribution in [1.82, 2.24) is 0 Å². The van der Waals surface area contributed by atoms with E-state index in [9.17, 15) is 14.0 Å². The summed E-state index contributed by atoms with van der Waals surface area (Å²) in [5, 5.41) is 0.0921. The molecule has 0 aromatic heterocycles. The molecule has 146 valence electrons. The van der Waals surface area contributed by atoms with E-state index in [0.29, 0.717) is 28.4 Å². The lowest BCUT2D eigenvalue weighted by atomic mass is 10.1. The smallest absolute Gasteiger partial charge is 0.272 e. The lowest BCUT2D eigenvalue weighted by molar-refractivity contribution is -0.119. The molecule has 0 N–H and O–H groups in total. The Bertz CT molecular complexity index is 922. The van der Waals surface area contributed by atoms with Crippen molar-refractivity contribution in [1.29, 1.82) is 0 Å². The van der Waals surface area contributed by atoms with Crippen molar-refractivity contribution < 1.29 is 18.7 Å². The quantitative estimate of drug-likeness (QED) is 0.612. The Hall–Kier alpha value is -2.60. The first-order valence-corrected chi connectivity index (χ1v) is 10.1. The molecule has 2 amide bonds. The van der Waals surface area contributed by atoms with Crippen molar-refractivity contribution >= 4 is 34.8 Å². The number of anilines is 1. The second-order valence-electron chi connectivity index (χ2n) is 6.64. The lowest BCUT2D eigenvalue weighted by Gasteiger charge is -2.16. The van der Waals surface area contributed by atoms with Gasteiger partial charge in [0.15, 0.2) is 0 Å². The predicted octanol–water partition coefficient (Wildman–Crippen LogP) is 5.04. The molecule has 0 radical (unpaired) electrons. The normalized spacial score (nSPS) is 14.4. The van der Waals surface area contributed by atoms with Gasteiger partial charge in [0.1, 0.15) is 11.6 Å². The van der Waals surface area contributed by atoms with Gasteiger partial charge in [0.25, 0.3) is 11.8 Å². The van der Waals surface area contributed by atoms with E-state index < -0.39 is 17.6 Å². The second-order valence-corrected chi connectivity index (χ2v) is 8.23. The topological polar surface area (TPSA) is 46.6 Å². The van der Waals surface area contributed by atoms with Crippen LogP contribution >= 0.6 is 11.8 Å². The summed E-state index contributed by atoms with van der Waals surface area (Å²) in [6.45, 7) is 6.52. The number of imide groups is 1. The fraction of sp³-hybridized carbons (Fsp3) is 0.273. The van der Waals surface area contributed by atoms with E-state index >= 15 is 0 Å². The summed E-state index contributed by atoms with van der Waals surface area (Å²) < 4.78 is 19.9. The molecule has 0 bridgehead atoms. The van der Waals surface area contributed by atoms with Gasteiger partial charge in [0.05, 0.1) is 22.8 Å². The van der Waals surface area contributed by atoms with E-state index in [-0.39, 0.29) is 10.9 Å². The summed E-state index contributed by atoms with van der Waals surface area (Å²) in [7, 11) is 0. The third kappa shape index (κ3) is 3.97. The van der Waals surface area contributed by atoms with E-state index in [4.69, 9.17) is 4.74 Å². The summed E-state index contributed by atoms with van der Waals surface area (Å²) >= 11 is 1.31. The maximum absolute atomic E-state index is 14.3. The molecule has 3 rings (SSSR count). The van der Waals surface area contributed by atoms with Gasteiger partial charge in [-0.25, -0.2) is 9.29 Å². The number of rotatable bonds is 7. The van der Waals surface area contributed by atoms with Crippen LogP contribution in [0, 0.1) is 5.82 Å². The first kappa shape index (κ1) is 20.1. The Balaban J connectivity index is 2.02. The van der Waals surface area contributed by atoms with Gasteiger partial charge in [-0.2, -0.15) is 0 Å².